The zero-order valence-corrected chi connectivity index (χ0v) is 48.7. The van der Waals surface area contributed by atoms with E-state index in [0.29, 0.717) is 25.3 Å². The zero-order chi connectivity index (χ0) is 59.5. The monoisotopic (exact) mass is 1110 g/mol. The van der Waals surface area contributed by atoms with Crippen LogP contribution in [0.25, 0.3) is 10.9 Å². The van der Waals surface area contributed by atoms with Crippen molar-refractivity contribution in [3.63, 3.8) is 0 Å². The SMILES string of the molecule is C/C=C/C[C@@H]1NC(=O)[C@H](CC(C)C)NC(=O)[C@H](CC(C)C(=O)N(CC)CC)N(C)C(=O)[C@H](C)NC(=O)[C@H](Cc2ccc(O)c([N+](=O)[O-])c2)NC(=O)[C@H](CC(C)C)N(C)C(=O)[C@H](Cc2cn(C(C)(C)C3CO3)c3ccccc23)NC1=O. The molecule has 2 aliphatic heterocycles. The number of hydrogen-bond donors (Lipinski definition) is 6. The van der Waals surface area contributed by atoms with Crippen molar-refractivity contribution >= 4 is 63.8 Å². The smallest absolute Gasteiger partial charge is 0.310 e. The molecule has 22 heteroatoms. The zero-order valence-electron chi connectivity index (χ0n) is 48.7. The number of nitro groups is 1. The lowest BCUT2D eigenvalue weighted by Gasteiger charge is -2.34. The van der Waals surface area contributed by atoms with Crippen LogP contribution in [0.4, 0.5) is 5.69 Å². The van der Waals surface area contributed by atoms with Gasteiger partial charge in [0, 0.05) is 69.1 Å². The van der Waals surface area contributed by atoms with E-state index >= 15 is 4.79 Å². The molecule has 8 amide bonds. The third kappa shape index (κ3) is 15.7. The number of amides is 8. The maximum Gasteiger partial charge on any atom is 0.310 e. The van der Waals surface area contributed by atoms with Crippen molar-refractivity contribution in [2.45, 2.75) is 169 Å². The van der Waals surface area contributed by atoms with E-state index in [1.165, 1.54) is 32.0 Å². The van der Waals surface area contributed by atoms with E-state index in [2.05, 4.69) is 31.2 Å². The van der Waals surface area contributed by atoms with E-state index in [4.69, 9.17) is 4.74 Å². The molecule has 2 aliphatic rings. The van der Waals surface area contributed by atoms with E-state index in [1.807, 2.05) is 85.9 Å². The van der Waals surface area contributed by atoms with Crippen molar-refractivity contribution in [1.29, 1.82) is 0 Å². The minimum Gasteiger partial charge on any atom is -0.502 e. The fourth-order valence-corrected chi connectivity index (χ4v) is 10.3. The predicted molar refractivity (Wildman–Crippen MR) is 302 cm³/mol. The summed E-state index contributed by atoms with van der Waals surface area (Å²) in [5, 5.41) is 37.1. The Kier molecular flexibility index (Phi) is 22.0. The molecule has 0 aliphatic carbocycles. The number of carbonyl (C=O) groups excluding carboxylic acids is 8. The number of ether oxygens (including phenoxy) is 1. The molecular formula is C58H84N10O12. The van der Waals surface area contributed by atoms with Gasteiger partial charge in [0.25, 0.3) is 0 Å². The summed E-state index contributed by atoms with van der Waals surface area (Å²) in [6.45, 7) is 21.1. The molecule has 0 saturated carbocycles. The third-order valence-electron chi connectivity index (χ3n) is 15.2. The highest BCUT2D eigenvalue weighted by atomic mass is 16.6. The molecule has 0 spiro atoms. The summed E-state index contributed by atoms with van der Waals surface area (Å²) in [7, 11) is 2.75. The normalized spacial score (nSPS) is 23.8. The molecule has 1 aromatic heterocycles. The minimum atomic E-state index is -1.56. The first-order valence-electron chi connectivity index (χ1n) is 27.8. The fourth-order valence-electron chi connectivity index (χ4n) is 10.3. The van der Waals surface area contributed by atoms with Gasteiger partial charge in [-0.25, -0.2) is 0 Å². The molecule has 2 fully saturated rings. The van der Waals surface area contributed by atoms with Gasteiger partial charge in [0.05, 0.1) is 17.1 Å². The molecule has 2 aromatic carbocycles. The van der Waals surface area contributed by atoms with Crippen LogP contribution >= 0.6 is 0 Å². The lowest BCUT2D eigenvalue weighted by molar-refractivity contribution is -0.385. The van der Waals surface area contributed by atoms with Crippen molar-refractivity contribution in [2.24, 2.45) is 17.8 Å². The van der Waals surface area contributed by atoms with Crippen LogP contribution in [0.15, 0.2) is 60.8 Å². The van der Waals surface area contributed by atoms with Crippen LogP contribution in [0.2, 0.25) is 0 Å². The summed E-state index contributed by atoms with van der Waals surface area (Å²) < 4.78 is 7.85. The summed E-state index contributed by atoms with van der Waals surface area (Å²) in [6, 6.07) is 1.51. The van der Waals surface area contributed by atoms with E-state index in [1.54, 1.807) is 30.9 Å². The van der Waals surface area contributed by atoms with Crippen LogP contribution in [0.3, 0.4) is 0 Å². The molecule has 0 radical (unpaired) electrons. The van der Waals surface area contributed by atoms with E-state index < -0.39 is 118 Å². The summed E-state index contributed by atoms with van der Waals surface area (Å²) >= 11 is 0. The van der Waals surface area contributed by atoms with Gasteiger partial charge >= 0.3 is 5.69 Å². The van der Waals surface area contributed by atoms with Crippen LogP contribution in [0.1, 0.15) is 113 Å². The fraction of sp³-hybridized carbons (Fsp3) is 0.586. The number of para-hydroxylation sites is 1. The lowest BCUT2D eigenvalue weighted by Crippen LogP contribution is -2.60. The average molecular weight is 1110 g/mol. The van der Waals surface area contributed by atoms with Crippen molar-refractivity contribution in [2.75, 3.05) is 33.8 Å². The molecule has 3 aromatic rings. The lowest BCUT2D eigenvalue weighted by atomic mass is 9.96. The number of nitrogens with one attached hydrogen (secondary N) is 5. The molecule has 6 N–H and O–H groups in total. The summed E-state index contributed by atoms with van der Waals surface area (Å²) in [5.41, 5.74) is 0.501. The number of nitrogens with zero attached hydrogens (tertiary/aromatic N) is 5. The Morgan fingerprint density at radius 2 is 1.32 bits per heavy atom. The minimum absolute atomic E-state index is 0.0320. The van der Waals surface area contributed by atoms with E-state index in [0.717, 1.165) is 27.9 Å². The molecule has 438 valence electrons. The Labute approximate surface area is 469 Å². The summed E-state index contributed by atoms with van der Waals surface area (Å²) in [6.07, 6.45) is 4.65. The Balaban J connectivity index is 1.70. The highest BCUT2D eigenvalue weighted by Gasteiger charge is 2.43. The summed E-state index contributed by atoms with van der Waals surface area (Å²) in [4.78, 5) is 133. The molecule has 0 bridgehead atoms. The number of aromatic nitrogens is 1. The van der Waals surface area contributed by atoms with Crippen LogP contribution in [0, 0.1) is 27.9 Å². The quantitative estimate of drug-likeness (QED) is 0.0452. The number of rotatable bonds is 18. The van der Waals surface area contributed by atoms with Crippen molar-refractivity contribution in [1.82, 2.24) is 45.9 Å². The molecule has 9 atom stereocenters. The van der Waals surface area contributed by atoms with Gasteiger partial charge in [-0.15, -0.1) is 0 Å². The molecule has 5 rings (SSSR count). The first-order valence-corrected chi connectivity index (χ1v) is 27.8. The van der Waals surface area contributed by atoms with Gasteiger partial charge in [-0.05, 0) is 102 Å². The first-order chi connectivity index (χ1) is 37.6. The number of phenolic OH excluding ortho intramolecular Hbond substituents is 1. The van der Waals surface area contributed by atoms with Gasteiger partial charge in [-0.2, -0.15) is 0 Å². The number of fused-ring (bicyclic) bond motifs is 1. The van der Waals surface area contributed by atoms with Gasteiger partial charge in [0.1, 0.15) is 48.4 Å². The van der Waals surface area contributed by atoms with Crippen LogP contribution in [-0.2, 0) is 61.5 Å². The maximum atomic E-state index is 15.4. The highest BCUT2D eigenvalue weighted by Crippen LogP contribution is 2.36. The van der Waals surface area contributed by atoms with Gasteiger partial charge < -0.3 is 55.7 Å². The van der Waals surface area contributed by atoms with Crippen molar-refractivity contribution < 1.29 is 53.1 Å². The number of hydrogen-bond acceptors (Lipinski definition) is 12. The first kappa shape index (κ1) is 63.5. The topological polar surface area (TPSA) is 287 Å². The van der Waals surface area contributed by atoms with Crippen molar-refractivity contribution in [3.8, 4) is 5.75 Å². The van der Waals surface area contributed by atoms with Gasteiger partial charge in [0.15, 0.2) is 5.75 Å². The van der Waals surface area contributed by atoms with Gasteiger partial charge in [0.2, 0.25) is 47.3 Å². The second-order valence-electron chi connectivity index (χ2n) is 22.6. The number of allylic oxidation sites excluding steroid dienone is 1. The molecule has 2 saturated heterocycles. The molecule has 2 unspecified atom stereocenters. The number of likely N-dealkylation sites (N-methyl/N-ethyl adjacent to an activating group) is 2. The largest absolute Gasteiger partial charge is 0.502 e. The average Bonchev–Trinajstić information content (AvgIpc) is 4.22. The highest BCUT2D eigenvalue weighted by molar-refractivity contribution is 5.99. The van der Waals surface area contributed by atoms with E-state index in [9.17, 15) is 48.8 Å². The number of benzene rings is 2. The number of phenols is 1. The number of aromatic hydroxyl groups is 1. The second kappa shape index (κ2) is 27.7. The predicted octanol–water partition coefficient (Wildman–Crippen LogP) is 4.24. The van der Waals surface area contributed by atoms with Crippen molar-refractivity contribution in [3.05, 3.63) is 82.1 Å². The van der Waals surface area contributed by atoms with Gasteiger partial charge in [-0.3, -0.25) is 48.5 Å². The second-order valence-corrected chi connectivity index (χ2v) is 22.6. The standard InChI is InChI=1S/C58H84N10O12/c1-14-17-21-40-50(70)63-43(30-38-31-67(58(10,11)49-32-80-49)44-22-19-18-20-39(38)44)57(77)65(13)46(26-34(6)7)53(73)62-42(28-37-23-24-48(69)45(29-37)68(78)79)51(71)59-36(9)56(76)64(12)47(27-35(8)55(75)66(15-2)16-3)54(74)61-41(25-33(4)5)52(72)60-40/h14,17-20,22-24,29,31,33-36,40-43,46-47,49,69H,15-16,21,25-28,30,32H2,1-13H3,(H,59,71)(H,60,72)(H,61,74)(H,62,73)(H,63,70)/b17-14+/t35?,36-,40-,41-,42-,43-,46-,47-,49?/m0/s1. The Hall–Kier alpha value is -7.36. The summed E-state index contributed by atoms with van der Waals surface area (Å²) in [5.74, 6) is -7.63. The number of epoxide rings is 1. The van der Waals surface area contributed by atoms with Gasteiger partial charge in [-0.1, -0.05) is 71.0 Å². The Bertz CT molecular complexity index is 2780. The van der Waals surface area contributed by atoms with E-state index in [-0.39, 0.29) is 61.5 Å². The molecule has 22 nitrogen and oxygen atoms in total. The molecule has 3 heterocycles. The number of nitro benzene ring substituents is 1. The number of carbonyl (C=O) groups is 8. The third-order valence-corrected chi connectivity index (χ3v) is 15.2. The Morgan fingerprint density at radius 1 is 0.775 bits per heavy atom. The van der Waals surface area contributed by atoms with Crippen LogP contribution in [-0.4, -0.2) is 159 Å². The van der Waals surface area contributed by atoms with Crippen LogP contribution < -0.4 is 26.6 Å². The molecular weight excluding hydrogens is 1030 g/mol. The molecule has 80 heavy (non-hydrogen) atoms. The maximum absolute atomic E-state index is 15.4. The van der Waals surface area contributed by atoms with Crippen LogP contribution in [0.5, 0.6) is 5.75 Å². The Morgan fingerprint density at radius 3 is 1.91 bits per heavy atom.